The first-order valence-electron chi connectivity index (χ1n) is 7.54. The normalized spacial score (nSPS) is 13.3. The summed E-state index contributed by atoms with van der Waals surface area (Å²) in [6.45, 7) is 8.96. The lowest BCUT2D eigenvalue weighted by Crippen LogP contribution is -1.97. The quantitative estimate of drug-likeness (QED) is 0.325. The van der Waals surface area contributed by atoms with Crippen LogP contribution in [-0.4, -0.2) is 0 Å². The maximum Gasteiger partial charge on any atom is -0.0203 e. The van der Waals surface area contributed by atoms with Gasteiger partial charge in [-0.1, -0.05) is 77.0 Å². The number of hydrogen-bond acceptors (Lipinski definition) is 0. The number of allylic oxidation sites excluding steroid dienone is 6. The van der Waals surface area contributed by atoms with Crippen molar-refractivity contribution < 1.29 is 0 Å². The fourth-order valence-electron chi connectivity index (χ4n) is 1.62. The van der Waals surface area contributed by atoms with Crippen LogP contribution in [0.5, 0.6) is 0 Å². The van der Waals surface area contributed by atoms with Gasteiger partial charge in [0.2, 0.25) is 0 Å². The first-order chi connectivity index (χ1) is 8.56. The van der Waals surface area contributed by atoms with E-state index in [1.807, 2.05) is 0 Å². The average Bonchev–Trinajstić information content (AvgIpc) is 2.29. The monoisotopic (exact) mass is 248 g/mol. The summed E-state index contributed by atoms with van der Waals surface area (Å²) < 4.78 is 0. The van der Waals surface area contributed by atoms with Crippen molar-refractivity contribution in [2.24, 2.45) is 5.41 Å². The van der Waals surface area contributed by atoms with E-state index in [1.165, 1.54) is 44.9 Å². The second-order valence-electron chi connectivity index (χ2n) is 6.01. The second-order valence-corrected chi connectivity index (χ2v) is 6.01. The van der Waals surface area contributed by atoms with Crippen LogP contribution in [-0.2, 0) is 0 Å². The molecule has 104 valence electrons. The molecule has 0 heteroatoms. The predicted molar refractivity (Wildman–Crippen MR) is 84.9 cm³/mol. The fraction of sp³-hybridized carbons (Fsp3) is 0.667. The molecule has 0 aliphatic carbocycles. The largest absolute Gasteiger partial charge is 0.0885 e. The molecule has 0 aromatic rings. The molecule has 0 rings (SSSR count). The highest BCUT2D eigenvalue weighted by molar-refractivity contribution is 4.94. The molecule has 0 spiro atoms. The van der Waals surface area contributed by atoms with Gasteiger partial charge in [0.05, 0.1) is 0 Å². The zero-order valence-corrected chi connectivity index (χ0v) is 12.9. The fourth-order valence-corrected chi connectivity index (χ4v) is 1.62. The van der Waals surface area contributed by atoms with E-state index in [-0.39, 0.29) is 0 Å². The Labute approximate surface area is 115 Å². The molecule has 0 amide bonds. The van der Waals surface area contributed by atoms with Gasteiger partial charge in [0, 0.05) is 0 Å². The molecule has 0 saturated heterocycles. The Morgan fingerprint density at radius 2 is 1.11 bits per heavy atom. The van der Waals surface area contributed by atoms with E-state index in [4.69, 9.17) is 0 Å². The van der Waals surface area contributed by atoms with Crippen LogP contribution in [0.4, 0.5) is 0 Å². The van der Waals surface area contributed by atoms with E-state index >= 15 is 0 Å². The highest BCUT2D eigenvalue weighted by atomic mass is 14.1. The molecule has 18 heavy (non-hydrogen) atoms. The first-order valence-corrected chi connectivity index (χ1v) is 7.54. The Morgan fingerprint density at radius 3 is 1.56 bits per heavy atom. The van der Waals surface area contributed by atoms with E-state index in [0.29, 0.717) is 5.41 Å². The summed E-state index contributed by atoms with van der Waals surface area (Å²) in [6, 6.07) is 0. The van der Waals surface area contributed by atoms with E-state index in [2.05, 4.69) is 64.2 Å². The third-order valence-corrected chi connectivity index (χ3v) is 2.68. The summed E-state index contributed by atoms with van der Waals surface area (Å²) in [4.78, 5) is 0. The Balaban J connectivity index is 3.39. The van der Waals surface area contributed by atoms with Crippen LogP contribution in [0.3, 0.4) is 0 Å². The van der Waals surface area contributed by atoms with Crippen LogP contribution in [0.2, 0.25) is 0 Å². The van der Waals surface area contributed by atoms with Crippen molar-refractivity contribution in [2.45, 2.75) is 72.6 Å². The molecular formula is C18H32. The van der Waals surface area contributed by atoms with Crippen LogP contribution >= 0.6 is 0 Å². The van der Waals surface area contributed by atoms with Gasteiger partial charge in [0.1, 0.15) is 0 Å². The van der Waals surface area contributed by atoms with Gasteiger partial charge in [0.25, 0.3) is 0 Å². The minimum Gasteiger partial charge on any atom is -0.0885 e. The molecule has 0 aromatic carbocycles. The molecule has 0 nitrogen and oxygen atoms in total. The smallest absolute Gasteiger partial charge is 0.0203 e. The molecule has 0 fully saturated rings. The van der Waals surface area contributed by atoms with Gasteiger partial charge < -0.3 is 0 Å². The van der Waals surface area contributed by atoms with E-state index in [1.54, 1.807) is 0 Å². The molecule has 0 unspecified atom stereocenters. The number of rotatable bonds is 9. The zero-order valence-electron chi connectivity index (χ0n) is 12.9. The van der Waals surface area contributed by atoms with Gasteiger partial charge in [-0.15, -0.1) is 0 Å². The van der Waals surface area contributed by atoms with Gasteiger partial charge >= 0.3 is 0 Å². The molecule has 0 aromatic heterocycles. The van der Waals surface area contributed by atoms with Gasteiger partial charge in [-0.25, -0.2) is 0 Å². The van der Waals surface area contributed by atoms with Crippen molar-refractivity contribution in [3.63, 3.8) is 0 Å². The van der Waals surface area contributed by atoms with Crippen molar-refractivity contribution >= 4 is 0 Å². The zero-order chi connectivity index (χ0) is 13.7. The van der Waals surface area contributed by atoms with Crippen molar-refractivity contribution in [2.75, 3.05) is 0 Å². The summed E-state index contributed by atoms with van der Waals surface area (Å²) in [5, 5.41) is 0. The third-order valence-electron chi connectivity index (χ3n) is 2.68. The molecular weight excluding hydrogens is 216 g/mol. The highest BCUT2D eigenvalue weighted by Crippen LogP contribution is 2.15. The van der Waals surface area contributed by atoms with E-state index in [0.717, 1.165) is 0 Å². The molecule has 0 N–H and O–H groups in total. The Kier molecular flexibility index (Phi) is 10.8. The van der Waals surface area contributed by atoms with Crippen molar-refractivity contribution in [1.82, 2.24) is 0 Å². The van der Waals surface area contributed by atoms with Gasteiger partial charge in [-0.2, -0.15) is 0 Å². The van der Waals surface area contributed by atoms with Crippen molar-refractivity contribution in [1.29, 1.82) is 0 Å². The highest BCUT2D eigenvalue weighted by Gasteiger charge is 2.01. The van der Waals surface area contributed by atoms with E-state index in [9.17, 15) is 0 Å². The SMILES string of the molecule is CCCC/C=C/CC/C=C/CC/C=C/C(C)(C)C. The van der Waals surface area contributed by atoms with E-state index < -0.39 is 0 Å². The second kappa shape index (κ2) is 11.3. The maximum atomic E-state index is 2.32. The lowest BCUT2D eigenvalue weighted by Gasteiger charge is -2.10. The Hall–Kier alpha value is -0.780. The minimum absolute atomic E-state index is 0.326. The molecule has 0 bridgehead atoms. The van der Waals surface area contributed by atoms with Crippen LogP contribution in [0.15, 0.2) is 36.5 Å². The van der Waals surface area contributed by atoms with Crippen molar-refractivity contribution in [3.05, 3.63) is 36.5 Å². The Bertz CT molecular complexity index is 248. The molecule has 0 atom stereocenters. The third kappa shape index (κ3) is 15.2. The predicted octanol–water partition coefficient (Wildman–Crippen LogP) is 6.45. The van der Waals surface area contributed by atoms with Gasteiger partial charge in [-0.3, -0.25) is 0 Å². The summed E-state index contributed by atoms with van der Waals surface area (Å²) in [7, 11) is 0. The molecule has 0 aliphatic heterocycles. The molecule has 0 heterocycles. The average molecular weight is 248 g/mol. The first kappa shape index (κ1) is 17.2. The lowest BCUT2D eigenvalue weighted by molar-refractivity contribution is 0.542. The number of hydrogen-bond donors (Lipinski definition) is 0. The Morgan fingerprint density at radius 1 is 0.667 bits per heavy atom. The summed E-state index contributed by atoms with van der Waals surface area (Å²) >= 11 is 0. The standard InChI is InChI=1S/C18H32/c1-5-6-7-8-9-10-11-12-13-14-15-16-17-18(2,3)4/h8-9,12-13,16-17H,5-7,10-11,14-15H2,1-4H3/b9-8+,13-12+,17-16+. The lowest BCUT2D eigenvalue weighted by atomic mass is 9.96. The van der Waals surface area contributed by atoms with Crippen LogP contribution in [0.25, 0.3) is 0 Å². The van der Waals surface area contributed by atoms with Crippen LogP contribution < -0.4 is 0 Å². The van der Waals surface area contributed by atoms with Crippen LogP contribution in [0.1, 0.15) is 72.6 Å². The minimum atomic E-state index is 0.326. The molecule has 0 saturated carbocycles. The molecule has 0 radical (unpaired) electrons. The summed E-state index contributed by atoms with van der Waals surface area (Å²) in [5.74, 6) is 0. The van der Waals surface area contributed by atoms with Crippen LogP contribution in [0, 0.1) is 5.41 Å². The van der Waals surface area contributed by atoms with Gasteiger partial charge in [0.15, 0.2) is 0 Å². The van der Waals surface area contributed by atoms with Crippen molar-refractivity contribution in [3.8, 4) is 0 Å². The molecule has 0 aliphatic rings. The van der Waals surface area contributed by atoms with Gasteiger partial charge in [-0.05, 0) is 37.5 Å². The topological polar surface area (TPSA) is 0 Å². The summed E-state index contributed by atoms with van der Waals surface area (Å²) in [5.41, 5.74) is 0.326. The summed E-state index contributed by atoms with van der Waals surface area (Å²) in [6.07, 6.45) is 22.5. The maximum absolute atomic E-state index is 2.32. The number of unbranched alkanes of at least 4 members (excludes halogenated alkanes) is 4.